The van der Waals surface area contributed by atoms with E-state index in [0.29, 0.717) is 44.6 Å². The fraction of sp³-hybridized carbons (Fsp3) is 0.263. The number of nitrogens with zero attached hydrogens (tertiary/aromatic N) is 3. The van der Waals surface area contributed by atoms with E-state index in [2.05, 4.69) is 10.2 Å². The van der Waals surface area contributed by atoms with Gasteiger partial charge in [-0.25, -0.2) is 4.39 Å². The molecule has 0 fully saturated rings. The molecule has 0 spiro atoms. The summed E-state index contributed by atoms with van der Waals surface area (Å²) in [6.45, 7) is 4.54. The van der Waals surface area contributed by atoms with Crippen LogP contribution in [0.3, 0.4) is 0 Å². The number of hydrogen-bond donors (Lipinski definition) is 0. The molecule has 3 rings (SSSR count). The molecule has 8 heteroatoms. The maximum absolute atomic E-state index is 13.8. The molecule has 0 aliphatic rings. The SMILES string of the molecule is CCn1c(SCc2ccccc2F)nnc1C(C)Oc1cc(Cl)ccc1Cl. The van der Waals surface area contributed by atoms with Gasteiger partial charge in [-0.05, 0) is 37.6 Å². The Morgan fingerprint density at radius 1 is 1.19 bits per heavy atom. The Morgan fingerprint density at radius 3 is 2.70 bits per heavy atom. The molecule has 142 valence electrons. The lowest BCUT2D eigenvalue weighted by atomic mass is 10.2. The zero-order valence-electron chi connectivity index (χ0n) is 14.8. The van der Waals surface area contributed by atoms with Crippen LogP contribution in [-0.4, -0.2) is 14.8 Å². The number of rotatable bonds is 7. The van der Waals surface area contributed by atoms with Crippen LogP contribution in [0.5, 0.6) is 5.75 Å². The van der Waals surface area contributed by atoms with Crippen LogP contribution in [0.25, 0.3) is 0 Å². The highest BCUT2D eigenvalue weighted by Crippen LogP contribution is 2.32. The molecule has 0 amide bonds. The van der Waals surface area contributed by atoms with Gasteiger partial charge in [-0.2, -0.15) is 0 Å². The summed E-state index contributed by atoms with van der Waals surface area (Å²) >= 11 is 13.6. The summed E-state index contributed by atoms with van der Waals surface area (Å²) < 4.78 is 21.7. The molecular formula is C19H18Cl2FN3OS. The van der Waals surface area contributed by atoms with Crippen molar-refractivity contribution in [1.82, 2.24) is 14.8 Å². The molecule has 0 saturated carbocycles. The fourth-order valence-electron chi connectivity index (χ4n) is 2.57. The van der Waals surface area contributed by atoms with Crippen molar-refractivity contribution in [2.45, 2.75) is 37.4 Å². The summed E-state index contributed by atoms with van der Waals surface area (Å²) in [7, 11) is 0. The van der Waals surface area contributed by atoms with Crippen LogP contribution >= 0.6 is 35.0 Å². The lowest BCUT2D eigenvalue weighted by molar-refractivity contribution is 0.210. The predicted octanol–water partition coefficient (Wildman–Crippen LogP) is 6.18. The number of ether oxygens (including phenoxy) is 1. The standard InChI is InChI=1S/C19H18Cl2FN3OS/c1-3-25-18(12(2)26-17-10-14(20)8-9-15(17)21)23-24-19(25)27-11-13-6-4-5-7-16(13)22/h4-10,12H,3,11H2,1-2H3. The molecule has 2 aromatic carbocycles. The first kappa shape index (κ1) is 20.0. The molecule has 4 nitrogen and oxygen atoms in total. The van der Waals surface area contributed by atoms with Gasteiger partial charge >= 0.3 is 0 Å². The topological polar surface area (TPSA) is 39.9 Å². The van der Waals surface area contributed by atoms with Crippen LogP contribution in [0, 0.1) is 5.82 Å². The van der Waals surface area contributed by atoms with Crippen molar-refractivity contribution in [3.05, 3.63) is 69.7 Å². The van der Waals surface area contributed by atoms with Gasteiger partial charge in [0.25, 0.3) is 0 Å². The van der Waals surface area contributed by atoms with Crippen molar-refractivity contribution >= 4 is 35.0 Å². The van der Waals surface area contributed by atoms with E-state index in [1.165, 1.54) is 17.8 Å². The molecule has 0 N–H and O–H groups in total. The van der Waals surface area contributed by atoms with Gasteiger partial charge in [0, 0.05) is 23.4 Å². The highest BCUT2D eigenvalue weighted by atomic mass is 35.5. The predicted molar refractivity (Wildman–Crippen MR) is 107 cm³/mol. The largest absolute Gasteiger partial charge is 0.481 e. The molecule has 0 aliphatic heterocycles. The highest BCUT2D eigenvalue weighted by molar-refractivity contribution is 7.98. The second-order valence-corrected chi connectivity index (χ2v) is 7.59. The van der Waals surface area contributed by atoms with E-state index in [9.17, 15) is 4.39 Å². The first-order chi connectivity index (χ1) is 13.0. The smallest absolute Gasteiger partial charge is 0.191 e. The van der Waals surface area contributed by atoms with Gasteiger partial charge in [-0.3, -0.25) is 0 Å². The van der Waals surface area contributed by atoms with Crippen LogP contribution in [0.1, 0.15) is 31.3 Å². The van der Waals surface area contributed by atoms with Crippen LogP contribution in [-0.2, 0) is 12.3 Å². The first-order valence-corrected chi connectivity index (χ1v) is 10.1. The average Bonchev–Trinajstić information content (AvgIpc) is 3.07. The van der Waals surface area contributed by atoms with Crippen molar-refractivity contribution in [1.29, 1.82) is 0 Å². The molecule has 1 unspecified atom stereocenters. The summed E-state index contributed by atoms with van der Waals surface area (Å²) in [5, 5.41) is 10.2. The van der Waals surface area contributed by atoms with E-state index in [-0.39, 0.29) is 11.9 Å². The van der Waals surface area contributed by atoms with Crippen LogP contribution in [0.2, 0.25) is 10.0 Å². The molecule has 1 heterocycles. The van der Waals surface area contributed by atoms with E-state index in [0.717, 1.165) is 0 Å². The number of hydrogen-bond acceptors (Lipinski definition) is 4. The molecule has 0 bridgehead atoms. The molecular weight excluding hydrogens is 408 g/mol. The Morgan fingerprint density at radius 2 is 1.96 bits per heavy atom. The van der Waals surface area contributed by atoms with E-state index >= 15 is 0 Å². The molecule has 0 aliphatic carbocycles. The fourth-order valence-corrected chi connectivity index (χ4v) is 3.89. The minimum atomic E-state index is -0.378. The maximum Gasteiger partial charge on any atom is 0.191 e. The molecule has 0 saturated heterocycles. The number of aromatic nitrogens is 3. The van der Waals surface area contributed by atoms with Crippen LogP contribution in [0.4, 0.5) is 4.39 Å². The van der Waals surface area contributed by atoms with Crippen LogP contribution in [0.15, 0.2) is 47.6 Å². The van der Waals surface area contributed by atoms with E-state index in [1.807, 2.05) is 24.5 Å². The Labute approximate surface area is 171 Å². The molecule has 3 aromatic rings. The van der Waals surface area contributed by atoms with Crippen molar-refractivity contribution in [2.24, 2.45) is 0 Å². The summed E-state index contributed by atoms with van der Waals surface area (Å²) in [5.74, 6) is 1.41. The van der Waals surface area contributed by atoms with Crippen LogP contribution < -0.4 is 4.74 Å². The molecule has 0 radical (unpaired) electrons. The summed E-state index contributed by atoms with van der Waals surface area (Å²) in [5.41, 5.74) is 0.629. The first-order valence-electron chi connectivity index (χ1n) is 8.40. The van der Waals surface area contributed by atoms with E-state index in [4.69, 9.17) is 27.9 Å². The number of thioether (sulfide) groups is 1. The monoisotopic (exact) mass is 425 g/mol. The Balaban J connectivity index is 1.76. The third-order valence-electron chi connectivity index (χ3n) is 3.94. The van der Waals surface area contributed by atoms with E-state index in [1.54, 1.807) is 30.3 Å². The second-order valence-electron chi connectivity index (χ2n) is 5.80. The highest BCUT2D eigenvalue weighted by Gasteiger charge is 2.20. The minimum Gasteiger partial charge on any atom is -0.481 e. The molecule has 1 aromatic heterocycles. The van der Waals surface area contributed by atoms with Crippen molar-refractivity contribution in [3.63, 3.8) is 0 Å². The lowest BCUT2D eigenvalue weighted by Crippen LogP contribution is -2.12. The molecule has 1 atom stereocenters. The van der Waals surface area contributed by atoms with Gasteiger partial charge in [-0.1, -0.05) is 53.2 Å². The van der Waals surface area contributed by atoms with Crippen molar-refractivity contribution in [3.8, 4) is 5.75 Å². The summed E-state index contributed by atoms with van der Waals surface area (Å²) in [4.78, 5) is 0. The summed E-state index contributed by atoms with van der Waals surface area (Å²) in [6.07, 6.45) is -0.378. The number of halogens is 3. The minimum absolute atomic E-state index is 0.222. The second kappa shape index (κ2) is 8.95. The van der Waals surface area contributed by atoms with Gasteiger partial charge < -0.3 is 9.30 Å². The van der Waals surface area contributed by atoms with E-state index < -0.39 is 0 Å². The quantitative estimate of drug-likeness (QED) is 0.423. The third kappa shape index (κ3) is 4.75. The number of benzene rings is 2. The average molecular weight is 426 g/mol. The Kier molecular flexibility index (Phi) is 6.63. The lowest BCUT2D eigenvalue weighted by Gasteiger charge is -2.16. The summed E-state index contributed by atoms with van der Waals surface area (Å²) in [6, 6.07) is 11.8. The van der Waals surface area contributed by atoms with Gasteiger partial charge in [-0.15, -0.1) is 10.2 Å². The Bertz CT molecular complexity index is 935. The van der Waals surface area contributed by atoms with Crippen molar-refractivity contribution in [2.75, 3.05) is 0 Å². The van der Waals surface area contributed by atoms with Gasteiger partial charge in [0.1, 0.15) is 11.6 Å². The molecule has 27 heavy (non-hydrogen) atoms. The van der Waals surface area contributed by atoms with Gasteiger partial charge in [0.15, 0.2) is 17.1 Å². The Hall–Kier alpha value is -1.76. The van der Waals surface area contributed by atoms with Crippen molar-refractivity contribution < 1.29 is 9.13 Å². The van der Waals surface area contributed by atoms with Gasteiger partial charge in [0.2, 0.25) is 0 Å². The maximum atomic E-state index is 13.8. The van der Waals surface area contributed by atoms with Gasteiger partial charge in [0.05, 0.1) is 5.02 Å². The third-order valence-corrected chi connectivity index (χ3v) is 5.50. The normalized spacial score (nSPS) is 12.2. The zero-order valence-corrected chi connectivity index (χ0v) is 17.2. The zero-order chi connectivity index (χ0) is 19.4.